The monoisotopic (exact) mass is 310 g/mol. The third-order valence-electron chi connectivity index (χ3n) is 3.66. The first-order valence-electron chi connectivity index (χ1n) is 7.90. The lowest BCUT2D eigenvalue weighted by atomic mass is 10.2. The van der Waals surface area contributed by atoms with Crippen molar-refractivity contribution in [3.8, 4) is 11.6 Å². The Kier molecular flexibility index (Phi) is 4.57. The van der Waals surface area contributed by atoms with Gasteiger partial charge in [-0.3, -0.25) is 0 Å². The molecule has 2 aromatic heterocycles. The van der Waals surface area contributed by atoms with Crippen LogP contribution >= 0.6 is 0 Å². The minimum Gasteiger partial charge on any atom is -0.439 e. The summed E-state index contributed by atoms with van der Waals surface area (Å²) < 4.78 is 7.97. The summed E-state index contributed by atoms with van der Waals surface area (Å²) in [6.07, 6.45) is 4.57. The Bertz CT molecular complexity index is 795. The highest BCUT2D eigenvalue weighted by Crippen LogP contribution is 2.24. The Balaban J connectivity index is 1.71. The van der Waals surface area contributed by atoms with Gasteiger partial charge < -0.3 is 14.6 Å². The molecule has 0 saturated heterocycles. The Morgan fingerprint density at radius 2 is 2.09 bits per heavy atom. The summed E-state index contributed by atoms with van der Waals surface area (Å²) in [5.41, 5.74) is 1.18. The lowest BCUT2D eigenvalue weighted by Crippen LogP contribution is -2.25. The molecule has 3 rings (SSSR count). The average Bonchev–Trinajstić information content (AvgIpc) is 2.88. The van der Waals surface area contributed by atoms with Gasteiger partial charge in [-0.1, -0.05) is 13.8 Å². The maximum atomic E-state index is 5.88. The summed E-state index contributed by atoms with van der Waals surface area (Å²) in [7, 11) is 2.03. The van der Waals surface area contributed by atoms with E-state index in [0.29, 0.717) is 11.9 Å². The van der Waals surface area contributed by atoms with Gasteiger partial charge in [-0.15, -0.1) is 0 Å². The highest BCUT2D eigenvalue weighted by Gasteiger charge is 2.05. The summed E-state index contributed by atoms with van der Waals surface area (Å²) in [6.45, 7) is 5.11. The van der Waals surface area contributed by atoms with Gasteiger partial charge in [-0.25, -0.2) is 4.98 Å². The van der Waals surface area contributed by atoms with Crippen LogP contribution in [0, 0.1) is 0 Å². The summed E-state index contributed by atoms with van der Waals surface area (Å²) in [4.78, 5) is 8.77. The molecule has 5 nitrogen and oxygen atoms in total. The average molecular weight is 310 g/mol. The van der Waals surface area contributed by atoms with Gasteiger partial charge in [0.25, 0.3) is 0 Å². The van der Waals surface area contributed by atoms with Gasteiger partial charge in [0.05, 0.1) is 0 Å². The Morgan fingerprint density at radius 1 is 1.22 bits per heavy atom. The van der Waals surface area contributed by atoms with Crippen LogP contribution in [0.2, 0.25) is 0 Å². The molecule has 0 radical (unpaired) electrons. The van der Waals surface area contributed by atoms with E-state index in [-0.39, 0.29) is 0 Å². The third kappa shape index (κ3) is 3.87. The van der Waals surface area contributed by atoms with Gasteiger partial charge in [0, 0.05) is 55.4 Å². The van der Waals surface area contributed by atoms with E-state index >= 15 is 0 Å². The fourth-order valence-electron chi connectivity index (χ4n) is 2.47. The molecular formula is C18H22N4O. The van der Waals surface area contributed by atoms with Crippen LogP contribution in [0.15, 0.2) is 42.7 Å². The molecule has 0 aliphatic heterocycles. The zero-order chi connectivity index (χ0) is 16.2. The Labute approximate surface area is 136 Å². The van der Waals surface area contributed by atoms with E-state index in [9.17, 15) is 0 Å². The predicted molar refractivity (Wildman–Crippen MR) is 91.9 cm³/mol. The highest BCUT2D eigenvalue weighted by molar-refractivity contribution is 5.81. The molecule has 2 heterocycles. The van der Waals surface area contributed by atoms with Crippen LogP contribution in [0.5, 0.6) is 11.6 Å². The predicted octanol–water partition coefficient (Wildman–Crippen LogP) is 3.30. The number of rotatable bonds is 6. The molecule has 0 aliphatic rings. The number of nitrogens with one attached hydrogen (secondary N) is 1. The van der Waals surface area contributed by atoms with E-state index in [4.69, 9.17) is 4.74 Å². The molecule has 0 fully saturated rings. The highest BCUT2D eigenvalue weighted by atomic mass is 16.5. The van der Waals surface area contributed by atoms with Crippen molar-refractivity contribution in [2.75, 3.05) is 6.54 Å². The zero-order valence-corrected chi connectivity index (χ0v) is 13.8. The third-order valence-corrected chi connectivity index (χ3v) is 3.66. The SMILES string of the molecule is CC(C)NCCc1nccc(Oc2ccc3c(ccn3C)c2)n1. The quantitative estimate of drug-likeness (QED) is 0.759. The number of benzene rings is 1. The van der Waals surface area contributed by atoms with Crippen LogP contribution in [-0.4, -0.2) is 27.1 Å². The van der Waals surface area contributed by atoms with Gasteiger partial charge in [-0.05, 0) is 24.3 Å². The lowest BCUT2D eigenvalue weighted by molar-refractivity contribution is 0.458. The van der Waals surface area contributed by atoms with Crippen LogP contribution in [0.3, 0.4) is 0 Å². The van der Waals surface area contributed by atoms with Crippen LogP contribution in [0.25, 0.3) is 10.9 Å². The topological polar surface area (TPSA) is 52.0 Å². The molecule has 0 atom stereocenters. The van der Waals surface area contributed by atoms with Crippen molar-refractivity contribution in [3.05, 3.63) is 48.5 Å². The van der Waals surface area contributed by atoms with Crippen molar-refractivity contribution in [2.45, 2.75) is 26.3 Å². The van der Waals surface area contributed by atoms with Crippen LogP contribution < -0.4 is 10.1 Å². The number of aromatic nitrogens is 3. The number of aryl methyl sites for hydroxylation is 1. The molecule has 120 valence electrons. The fourth-order valence-corrected chi connectivity index (χ4v) is 2.47. The van der Waals surface area contributed by atoms with Crippen molar-refractivity contribution in [1.82, 2.24) is 19.9 Å². The molecule has 3 aromatic rings. The fraction of sp³-hybridized carbons (Fsp3) is 0.333. The van der Waals surface area contributed by atoms with Gasteiger partial charge in [0.1, 0.15) is 11.6 Å². The van der Waals surface area contributed by atoms with E-state index in [0.717, 1.165) is 29.9 Å². The normalized spacial score (nSPS) is 11.3. The summed E-state index contributed by atoms with van der Waals surface area (Å²) >= 11 is 0. The van der Waals surface area contributed by atoms with Gasteiger partial charge in [0.2, 0.25) is 5.88 Å². The molecule has 0 amide bonds. The van der Waals surface area contributed by atoms with Crippen molar-refractivity contribution >= 4 is 10.9 Å². The number of hydrogen-bond donors (Lipinski definition) is 1. The minimum absolute atomic E-state index is 0.465. The van der Waals surface area contributed by atoms with Gasteiger partial charge in [-0.2, -0.15) is 4.98 Å². The summed E-state index contributed by atoms with van der Waals surface area (Å²) in [5.74, 6) is 2.15. The maximum Gasteiger partial charge on any atom is 0.222 e. The molecule has 5 heteroatoms. The number of ether oxygens (including phenoxy) is 1. The first-order valence-corrected chi connectivity index (χ1v) is 7.90. The molecule has 1 aromatic carbocycles. The van der Waals surface area contributed by atoms with Crippen LogP contribution in [-0.2, 0) is 13.5 Å². The minimum atomic E-state index is 0.465. The standard InChI is InChI=1S/C18H22N4O/c1-13(2)19-9-6-17-20-10-7-18(21-17)23-15-4-5-16-14(12-15)8-11-22(16)3/h4-5,7-8,10-13,19H,6,9H2,1-3H3. The molecule has 0 unspecified atom stereocenters. The second-order valence-corrected chi connectivity index (χ2v) is 5.92. The lowest BCUT2D eigenvalue weighted by Gasteiger charge is -2.08. The zero-order valence-electron chi connectivity index (χ0n) is 13.8. The summed E-state index contributed by atoms with van der Waals surface area (Å²) in [6, 6.07) is 10.4. The first kappa shape index (κ1) is 15.5. The van der Waals surface area contributed by atoms with Crippen LogP contribution in [0.4, 0.5) is 0 Å². The maximum absolute atomic E-state index is 5.88. The van der Waals surface area contributed by atoms with Crippen molar-refractivity contribution in [1.29, 1.82) is 0 Å². The number of nitrogens with zero attached hydrogens (tertiary/aromatic N) is 3. The number of fused-ring (bicyclic) bond motifs is 1. The molecule has 0 bridgehead atoms. The second kappa shape index (κ2) is 6.79. The van der Waals surface area contributed by atoms with E-state index in [1.807, 2.05) is 25.4 Å². The Hall–Kier alpha value is -2.40. The first-order chi connectivity index (χ1) is 11.1. The largest absolute Gasteiger partial charge is 0.439 e. The summed E-state index contributed by atoms with van der Waals surface area (Å²) in [5, 5.41) is 4.52. The van der Waals surface area contributed by atoms with E-state index in [2.05, 4.69) is 45.8 Å². The molecular weight excluding hydrogens is 288 g/mol. The van der Waals surface area contributed by atoms with E-state index in [1.54, 1.807) is 12.3 Å². The second-order valence-electron chi connectivity index (χ2n) is 5.92. The molecule has 23 heavy (non-hydrogen) atoms. The van der Waals surface area contributed by atoms with Crippen molar-refractivity contribution in [3.63, 3.8) is 0 Å². The Morgan fingerprint density at radius 3 is 2.91 bits per heavy atom. The molecule has 0 saturated carbocycles. The van der Waals surface area contributed by atoms with Gasteiger partial charge >= 0.3 is 0 Å². The molecule has 0 spiro atoms. The smallest absolute Gasteiger partial charge is 0.222 e. The van der Waals surface area contributed by atoms with Crippen molar-refractivity contribution < 1.29 is 4.74 Å². The van der Waals surface area contributed by atoms with E-state index < -0.39 is 0 Å². The van der Waals surface area contributed by atoms with Gasteiger partial charge in [0.15, 0.2) is 0 Å². The number of hydrogen-bond acceptors (Lipinski definition) is 4. The van der Waals surface area contributed by atoms with Crippen LogP contribution in [0.1, 0.15) is 19.7 Å². The molecule has 0 aliphatic carbocycles. The molecule has 1 N–H and O–H groups in total. The van der Waals surface area contributed by atoms with Crippen molar-refractivity contribution in [2.24, 2.45) is 7.05 Å². The van der Waals surface area contributed by atoms with E-state index in [1.165, 1.54) is 5.52 Å².